The molecule has 4 heteroatoms. The van der Waals surface area contributed by atoms with E-state index in [1.165, 1.54) is 25.7 Å². The van der Waals surface area contributed by atoms with Crippen molar-refractivity contribution >= 4 is 17.7 Å². The highest BCUT2D eigenvalue weighted by molar-refractivity contribution is 7.99. The highest BCUT2D eigenvalue weighted by atomic mass is 32.2. The first-order valence-corrected chi connectivity index (χ1v) is 8.04. The van der Waals surface area contributed by atoms with Crippen LogP contribution in [0.4, 0.5) is 0 Å². The smallest absolute Gasteiger partial charge is 0.236 e. The minimum absolute atomic E-state index is 0.281. The molecule has 0 saturated carbocycles. The molecule has 100 valence electrons. The molecule has 1 aliphatic heterocycles. The summed E-state index contributed by atoms with van der Waals surface area (Å²) in [6, 6.07) is 0. The third-order valence-corrected chi connectivity index (χ3v) is 4.41. The average molecular weight is 258 g/mol. The van der Waals surface area contributed by atoms with Crippen LogP contribution < -0.4 is 5.32 Å². The zero-order chi connectivity index (χ0) is 12.5. The summed E-state index contributed by atoms with van der Waals surface area (Å²) in [6.07, 6.45) is 8.18. The third-order valence-electron chi connectivity index (χ3n) is 3.37. The Kier molecular flexibility index (Phi) is 7.69. The van der Waals surface area contributed by atoms with Gasteiger partial charge in [0.05, 0.1) is 6.54 Å². The van der Waals surface area contributed by atoms with E-state index < -0.39 is 0 Å². The maximum Gasteiger partial charge on any atom is 0.236 e. The second-order valence-electron chi connectivity index (χ2n) is 4.81. The van der Waals surface area contributed by atoms with E-state index in [0.29, 0.717) is 11.8 Å². The first kappa shape index (κ1) is 14.8. The molecular formula is C13H26N2OS. The van der Waals surface area contributed by atoms with Crippen LogP contribution in [0.1, 0.15) is 39.0 Å². The summed E-state index contributed by atoms with van der Waals surface area (Å²) in [4.78, 5) is 13.9. The monoisotopic (exact) mass is 258 g/mol. The van der Waals surface area contributed by atoms with Crippen molar-refractivity contribution in [2.45, 2.75) is 44.3 Å². The van der Waals surface area contributed by atoms with Crippen LogP contribution in [0.3, 0.4) is 0 Å². The zero-order valence-electron chi connectivity index (χ0n) is 11.2. The lowest BCUT2D eigenvalue weighted by molar-refractivity contribution is -0.130. The topological polar surface area (TPSA) is 32.3 Å². The lowest BCUT2D eigenvalue weighted by atomic mass is 10.2. The van der Waals surface area contributed by atoms with Crippen LogP contribution in [0.25, 0.3) is 0 Å². The molecule has 0 aromatic rings. The lowest BCUT2D eigenvalue weighted by Crippen LogP contribution is -2.39. The molecule has 0 aromatic carbocycles. The number of amides is 1. The van der Waals surface area contributed by atoms with Gasteiger partial charge in [0, 0.05) is 18.3 Å². The summed E-state index contributed by atoms with van der Waals surface area (Å²) in [5.74, 6) is 0.281. The number of carbonyl (C=O) groups is 1. The Hall–Kier alpha value is -0.220. The minimum Gasteiger partial charge on any atom is -0.342 e. The molecule has 1 amide bonds. The fourth-order valence-corrected chi connectivity index (χ4v) is 2.40. The van der Waals surface area contributed by atoms with Crippen LogP contribution in [0.15, 0.2) is 0 Å². The molecule has 0 bridgehead atoms. The van der Waals surface area contributed by atoms with E-state index in [1.807, 2.05) is 16.7 Å². The second-order valence-corrected chi connectivity index (χ2v) is 6.08. The fourth-order valence-electron chi connectivity index (χ4n) is 2.05. The number of nitrogens with zero attached hydrogens (tertiary/aromatic N) is 1. The van der Waals surface area contributed by atoms with Crippen LogP contribution in [-0.4, -0.2) is 48.5 Å². The molecule has 0 radical (unpaired) electrons. The highest BCUT2D eigenvalue weighted by Crippen LogP contribution is 2.10. The van der Waals surface area contributed by atoms with Gasteiger partial charge < -0.3 is 10.2 Å². The Morgan fingerprint density at radius 1 is 1.29 bits per heavy atom. The molecule has 3 nitrogen and oxygen atoms in total. The van der Waals surface area contributed by atoms with Crippen molar-refractivity contribution in [3.63, 3.8) is 0 Å². The number of carbonyl (C=O) groups excluding carboxylic acids is 1. The van der Waals surface area contributed by atoms with Gasteiger partial charge in [-0.1, -0.05) is 19.8 Å². The molecule has 1 saturated heterocycles. The molecule has 0 aliphatic carbocycles. The van der Waals surface area contributed by atoms with Gasteiger partial charge in [0.25, 0.3) is 0 Å². The SMILES string of the molecule is CSC(C)CCNCC(=O)N1CCCCCC1. The van der Waals surface area contributed by atoms with Gasteiger partial charge in [0.15, 0.2) is 0 Å². The standard InChI is InChI=1S/C13H26N2OS/c1-12(17-2)7-8-14-11-13(16)15-9-5-3-4-6-10-15/h12,14H,3-11H2,1-2H3. The van der Waals surface area contributed by atoms with Gasteiger partial charge in [0.2, 0.25) is 5.91 Å². The van der Waals surface area contributed by atoms with Crippen LogP contribution in [-0.2, 0) is 4.79 Å². The maximum absolute atomic E-state index is 11.9. The number of hydrogen-bond acceptors (Lipinski definition) is 3. The van der Waals surface area contributed by atoms with Gasteiger partial charge in [0.1, 0.15) is 0 Å². The Labute approximate surface area is 110 Å². The third kappa shape index (κ3) is 6.32. The summed E-state index contributed by atoms with van der Waals surface area (Å²) in [6.45, 7) is 5.61. The molecule has 1 fully saturated rings. The molecule has 1 heterocycles. The van der Waals surface area contributed by atoms with Crippen molar-refractivity contribution in [1.82, 2.24) is 10.2 Å². The average Bonchev–Trinajstić information content (AvgIpc) is 2.62. The van der Waals surface area contributed by atoms with Crippen LogP contribution >= 0.6 is 11.8 Å². The van der Waals surface area contributed by atoms with Crippen molar-refractivity contribution in [3.05, 3.63) is 0 Å². The summed E-state index contributed by atoms with van der Waals surface area (Å²) in [5, 5.41) is 3.94. The van der Waals surface area contributed by atoms with Crippen molar-refractivity contribution in [3.8, 4) is 0 Å². The van der Waals surface area contributed by atoms with Gasteiger partial charge in [-0.25, -0.2) is 0 Å². The molecule has 0 aromatic heterocycles. The first-order chi connectivity index (χ1) is 8.24. The Balaban J connectivity index is 2.11. The van der Waals surface area contributed by atoms with Crippen LogP contribution in [0, 0.1) is 0 Å². The number of rotatable bonds is 6. The largest absolute Gasteiger partial charge is 0.342 e. The van der Waals surface area contributed by atoms with Gasteiger partial charge in [-0.3, -0.25) is 4.79 Å². The number of likely N-dealkylation sites (tertiary alicyclic amines) is 1. The summed E-state index contributed by atoms with van der Waals surface area (Å²) >= 11 is 1.88. The Bertz CT molecular complexity index is 215. The first-order valence-electron chi connectivity index (χ1n) is 6.75. The van der Waals surface area contributed by atoms with Crippen LogP contribution in [0.5, 0.6) is 0 Å². The van der Waals surface area contributed by atoms with E-state index in [0.717, 1.165) is 26.1 Å². The van der Waals surface area contributed by atoms with Gasteiger partial charge in [-0.05, 0) is 32.1 Å². The van der Waals surface area contributed by atoms with Gasteiger partial charge >= 0.3 is 0 Å². The number of thioether (sulfide) groups is 1. The number of hydrogen-bond donors (Lipinski definition) is 1. The van der Waals surface area contributed by atoms with Crippen LogP contribution in [0.2, 0.25) is 0 Å². The normalized spacial score (nSPS) is 18.8. The molecule has 1 atom stereocenters. The zero-order valence-corrected chi connectivity index (χ0v) is 12.0. The van der Waals surface area contributed by atoms with E-state index in [-0.39, 0.29) is 5.91 Å². The predicted molar refractivity (Wildman–Crippen MR) is 75.5 cm³/mol. The number of nitrogens with one attached hydrogen (secondary N) is 1. The van der Waals surface area contributed by atoms with E-state index in [9.17, 15) is 4.79 Å². The minimum atomic E-state index is 0.281. The summed E-state index contributed by atoms with van der Waals surface area (Å²) in [7, 11) is 0. The van der Waals surface area contributed by atoms with E-state index in [4.69, 9.17) is 0 Å². The molecule has 17 heavy (non-hydrogen) atoms. The maximum atomic E-state index is 11.9. The van der Waals surface area contributed by atoms with E-state index >= 15 is 0 Å². The fraction of sp³-hybridized carbons (Fsp3) is 0.923. The molecule has 1 rings (SSSR count). The molecular weight excluding hydrogens is 232 g/mol. The Morgan fingerprint density at radius 3 is 2.53 bits per heavy atom. The van der Waals surface area contributed by atoms with Crippen molar-refractivity contribution < 1.29 is 4.79 Å². The second kappa shape index (κ2) is 8.81. The van der Waals surface area contributed by atoms with Crippen molar-refractivity contribution in [2.75, 3.05) is 32.4 Å². The molecule has 1 aliphatic rings. The summed E-state index contributed by atoms with van der Waals surface area (Å²) < 4.78 is 0. The highest BCUT2D eigenvalue weighted by Gasteiger charge is 2.14. The van der Waals surface area contributed by atoms with E-state index in [2.05, 4.69) is 18.5 Å². The molecule has 1 unspecified atom stereocenters. The van der Waals surface area contributed by atoms with Gasteiger partial charge in [-0.2, -0.15) is 11.8 Å². The Morgan fingerprint density at radius 2 is 1.94 bits per heavy atom. The molecule has 1 N–H and O–H groups in total. The quantitative estimate of drug-likeness (QED) is 0.741. The van der Waals surface area contributed by atoms with Crippen molar-refractivity contribution in [2.24, 2.45) is 0 Å². The lowest BCUT2D eigenvalue weighted by Gasteiger charge is -2.20. The summed E-state index contributed by atoms with van der Waals surface area (Å²) in [5.41, 5.74) is 0. The molecule has 0 spiro atoms. The van der Waals surface area contributed by atoms with E-state index in [1.54, 1.807) is 0 Å². The van der Waals surface area contributed by atoms with Crippen molar-refractivity contribution in [1.29, 1.82) is 0 Å². The predicted octanol–water partition coefficient (Wildman–Crippen LogP) is 2.12. The van der Waals surface area contributed by atoms with Gasteiger partial charge in [-0.15, -0.1) is 0 Å².